The molecule has 1 unspecified atom stereocenters. The Bertz CT molecular complexity index is 423. The molecule has 0 amide bonds. The minimum atomic E-state index is 0.194. The van der Waals surface area contributed by atoms with Gasteiger partial charge in [0, 0.05) is 11.6 Å². The van der Waals surface area contributed by atoms with Crippen molar-refractivity contribution in [2.24, 2.45) is 0 Å². The van der Waals surface area contributed by atoms with Crippen LogP contribution in [0.5, 0.6) is 5.75 Å². The summed E-state index contributed by atoms with van der Waals surface area (Å²) in [6.45, 7) is 10.00. The molecule has 0 heterocycles. The average Bonchev–Trinajstić information content (AvgIpc) is 2.53. The average molecular weight is 233 g/mol. The van der Waals surface area contributed by atoms with Crippen LogP contribution in [0.4, 0.5) is 0 Å². The zero-order chi connectivity index (χ0) is 12.6. The van der Waals surface area contributed by atoms with Gasteiger partial charge in [0.1, 0.15) is 5.75 Å². The van der Waals surface area contributed by atoms with Crippen molar-refractivity contribution in [3.05, 3.63) is 28.8 Å². The zero-order valence-corrected chi connectivity index (χ0v) is 11.6. The maximum Gasteiger partial charge on any atom is 0.122 e. The fraction of sp³-hybridized carbons (Fsp3) is 0.600. The molecule has 17 heavy (non-hydrogen) atoms. The number of hydrogen-bond donors (Lipinski definition) is 1. The van der Waals surface area contributed by atoms with Crippen molar-refractivity contribution in [1.82, 2.24) is 5.32 Å². The summed E-state index contributed by atoms with van der Waals surface area (Å²) in [5.74, 6) is 1.04. The topological polar surface area (TPSA) is 21.3 Å². The van der Waals surface area contributed by atoms with Crippen LogP contribution in [0, 0.1) is 6.92 Å². The fourth-order valence-electron chi connectivity index (χ4n) is 3.16. The summed E-state index contributed by atoms with van der Waals surface area (Å²) in [5.41, 5.74) is 4.42. The summed E-state index contributed by atoms with van der Waals surface area (Å²) in [4.78, 5) is 0. The number of benzene rings is 1. The fourth-order valence-corrected chi connectivity index (χ4v) is 3.16. The molecule has 0 fully saturated rings. The van der Waals surface area contributed by atoms with Crippen LogP contribution in [0.1, 0.15) is 49.9 Å². The molecule has 0 radical (unpaired) electrons. The van der Waals surface area contributed by atoms with Crippen molar-refractivity contribution in [3.63, 3.8) is 0 Å². The molecule has 94 valence electrons. The molecule has 0 bridgehead atoms. The predicted octanol–water partition coefficient (Wildman–Crippen LogP) is 3.34. The summed E-state index contributed by atoms with van der Waals surface area (Å²) in [6.07, 6.45) is 1.15. The molecule has 1 aliphatic carbocycles. The Kier molecular flexibility index (Phi) is 3.17. The number of methoxy groups -OCH3 is 1. The van der Waals surface area contributed by atoms with Gasteiger partial charge in [-0.2, -0.15) is 0 Å². The molecule has 0 saturated heterocycles. The monoisotopic (exact) mass is 233 g/mol. The summed E-state index contributed by atoms with van der Waals surface area (Å²) >= 11 is 0. The lowest BCUT2D eigenvalue weighted by Gasteiger charge is -2.21. The molecular formula is C15H23NO. The van der Waals surface area contributed by atoms with E-state index in [0.29, 0.717) is 6.04 Å². The molecule has 2 nitrogen and oxygen atoms in total. The molecule has 1 N–H and O–H groups in total. The van der Waals surface area contributed by atoms with Gasteiger partial charge in [-0.05, 0) is 42.5 Å². The third kappa shape index (κ3) is 1.95. The lowest BCUT2D eigenvalue weighted by atomic mass is 9.85. The zero-order valence-electron chi connectivity index (χ0n) is 11.6. The Morgan fingerprint density at radius 1 is 1.41 bits per heavy atom. The van der Waals surface area contributed by atoms with E-state index >= 15 is 0 Å². The highest BCUT2D eigenvalue weighted by Crippen LogP contribution is 2.49. The largest absolute Gasteiger partial charge is 0.496 e. The van der Waals surface area contributed by atoms with E-state index in [2.05, 4.69) is 45.1 Å². The molecule has 1 atom stereocenters. The van der Waals surface area contributed by atoms with Gasteiger partial charge in [-0.3, -0.25) is 0 Å². The number of rotatable bonds is 3. The van der Waals surface area contributed by atoms with Gasteiger partial charge in [-0.25, -0.2) is 0 Å². The molecule has 0 aromatic heterocycles. The minimum Gasteiger partial charge on any atom is -0.496 e. The third-order valence-corrected chi connectivity index (χ3v) is 3.84. The Morgan fingerprint density at radius 3 is 2.71 bits per heavy atom. The van der Waals surface area contributed by atoms with E-state index in [9.17, 15) is 0 Å². The van der Waals surface area contributed by atoms with Crippen LogP contribution < -0.4 is 10.1 Å². The molecule has 1 aromatic rings. The van der Waals surface area contributed by atoms with Crippen molar-refractivity contribution >= 4 is 0 Å². The maximum atomic E-state index is 5.55. The second kappa shape index (κ2) is 4.34. The molecule has 0 aliphatic heterocycles. The van der Waals surface area contributed by atoms with E-state index in [4.69, 9.17) is 4.74 Å². The van der Waals surface area contributed by atoms with Crippen molar-refractivity contribution in [1.29, 1.82) is 0 Å². The standard InChI is InChI=1S/C15H23NO/c1-6-16-11-9-15(3,4)14-12(17-5)8-7-10(2)13(11)14/h7-8,11,16H,6,9H2,1-5H3. The van der Waals surface area contributed by atoms with Gasteiger partial charge < -0.3 is 10.1 Å². The molecule has 0 spiro atoms. The van der Waals surface area contributed by atoms with E-state index < -0.39 is 0 Å². The normalized spacial score (nSPS) is 21.4. The summed E-state index contributed by atoms with van der Waals surface area (Å²) in [7, 11) is 1.77. The van der Waals surface area contributed by atoms with Crippen LogP contribution in [0.3, 0.4) is 0 Å². The first-order valence-corrected chi connectivity index (χ1v) is 6.42. The Morgan fingerprint density at radius 2 is 2.12 bits per heavy atom. The van der Waals surface area contributed by atoms with Crippen LogP contribution in [-0.2, 0) is 5.41 Å². The molecule has 1 aromatic carbocycles. The van der Waals surface area contributed by atoms with Gasteiger partial charge in [0.2, 0.25) is 0 Å². The van der Waals surface area contributed by atoms with Crippen molar-refractivity contribution < 1.29 is 4.74 Å². The van der Waals surface area contributed by atoms with E-state index in [1.807, 2.05) is 0 Å². The smallest absolute Gasteiger partial charge is 0.122 e. The number of fused-ring (bicyclic) bond motifs is 1. The number of ether oxygens (including phenoxy) is 1. The lowest BCUT2D eigenvalue weighted by Crippen LogP contribution is -2.21. The molecule has 2 heteroatoms. The summed E-state index contributed by atoms with van der Waals surface area (Å²) < 4.78 is 5.55. The second-order valence-corrected chi connectivity index (χ2v) is 5.57. The Hall–Kier alpha value is -1.02. The van der Waals surface area contributed by atoms with Crippen LogP contribution in [-0.4, -0.2) is 13.7 Å². The first-order chi connectivity index (χ1) is 8.01. The lowest BCUT2D eigenvalue weighted by molar-refractivity contribution is 0.387. The van der Waals surface area contributed by atoms with Gasteiger partial charge >= 0.3 is 0 Å². The van der Waals surface area contributed by atoms with Crippen molar-refractivity contribution in [3.8, 4) is 5.75 Å². The van der Waals surface area contributed by atoms with Crippen LogP contribution in [0.15, 0.2) is 12.1 Å². The van der Waals surface area contributed by atoms with E-state index in [0.717, 1.165) is 18.7 Å². The number of hydrogen-bond acceptors (Lipinski definition) is 2. The van der Waals surface area contributed by atoms with Gasteiger partial charge in [-0.1, -0.05) is 26.8 Å². The number of aryl methyl sites for hydroxylation is 1. The highest BCUT2D eigenvalue weighted by atomic mass is 16.5. The Labute approximate surface area is 104 Å². The first-order valence-electron chi connectivity index (χ1n) is 6.42. The minimum absolute atomic E-state index is 0.194. The quantitative estimate of drug-likeness (QED) is 0.864. The Balaban J connectivity index is 2.59. The van der Waals surface area contributed by atoms with Gasteiger partial charge in [0.05, 0.1) is 7.11 Å². The van der Waals surface area contributed by atoms with Crippen LogP contribution >= 0.6 is 0 Å². The highest BCUT2D eigenvalue weighted by Gasteiger charge is 2.39. The molecule has 2 rings (SSSR count). The first kappa shape index (κ1) is 12.4. The van der Waals surface area contributed by atoms with E-state index in [1.54, 1.807) is 7.11 Å². The van der Waals surface area contributed by atoms with Crippen LogP contribution in [0.25, 0.3) is 0 Å². The highest BCUT2D eigenvalue weighted by molar-refractivity contribution is 5.53. The van der Waals surface area contributed by atoms with Crippen LogP contribution in [0.2, 0.25) is 0 Å². The van der Waals surface area contributed by atoms with E-state index in [-0.39, 0.29) is 5.41 Å². The third-order valence-electron chi connectivity index (χ3n) is 3.84. The van der Waals surface area contributed by atoms with Gasteiger partial charge in [-0.15, -0.1) is 0 Å². The molecule has 1 aliphatic rings. The van der Waals surface area contributed by atoms with Gasteiger partial charge in [0.25, 0.3) is 0 Å². The summed E-state index contributed by atoms with van der Waals surface area (Å²) in [6, 6.07) is 4.74. The van der Waals surface area contributed by atoms with Crippen molar-refractivity contribution in [2.45, 2.75) is 45.6 Å². The molecule has 0 saturated carbocycles. The summed E-state index contributed by atoms with van der Waals surface area (Å²) in [5, 5.41) is 3.59. The van der Waals surface area contributed by atoms with Crippen molar-refractivity contribution in [2.75, 3.05) is 13.7 Å². The maximum absolute atomic E-state index is 5.55. The SMILES string of the molecule is CCNC1CC(C)(C)c2c(OC)ccc(C)c21. The number of nitrogens with one attached hydrogen (secondary N) is 1. The second-order valence-electron chi connectivity index (χ2n) is 5.57. The van der Waals surface area contributed by atoms with Gasteiger partial charge in [0.15, 0.2) is 0 Å². The van der Waals surface area contributed by atoms with E-state index in [1.165, 1.54) is 16.7 Å². The molecular weight excluding hydrogens is 210 g/mol. The predicted molar refractivity (Wildman–Crippen MR) is 71.8 cm³/mol.